The van der Waals surface area contributed by atoms with Gasteiger partial charge in [-0.15, -0.1) is 0 Å². The number of thioether (sulfide) groups is 1. The highest BCUT2D eigenvalue weighted by atomic mass is 32.2. The lowest BCUT2D eigenvalue weighted by Gasteiger charge is -2.28. The van der Waals surface area contributed by atoms with E-state index in [4.69, 9.17) is 0 Å². The largest absolute Gasteiger partial charge is 0.370 e. The predicted octanol–water partition coefficient (Wildman–Crippen LogP) is 3.51. The minimum absolute atomic E-state index is 0.0706. The van der Waals surface area contributed by atoms with E-state index in [1.165, 1.54) is 25.0 Å². The SMILES string of the molecule is CCNc1cc([N+](=O)[O-])cc(NC2CCC(SC)CC2)n1. The summed E-state index contributed by atoms with van der Waals surface area (Å²) in [5.74, 6) is 1.14. The molecule has 0 amide bonds. The number of aromatic nitrogens is 1. The lowest BCUT2D eigenvalue weighted by atomic mass is 9.95. The van der Waals surface area contributed by atoms with Gasteiger partial charge in [-0.2, -0.15) is 11.8 Å². The van der Waals surface area contributed by atoms with Gasteiger partial charge in [-0.25, -0.2) is 4.98 Å². The molecule has 1 fully saturated rings. The molecule has 0 aromatic carbocycles. The van der Waals surface area contributed by atoms with E-state index < -0.39 is 0 Å². The molecule has 1 saturated carbocycles. The highest BCUT2D eigenvalue weighted by Crippen LogP contribution is 2.29. The van der Waals surface area contributed by atoms with E-state index in [0.717, 1.165) is 18.1 Å². The first-order chi connectivity index (χ1) is 10.1. The highest BCUT2D eigenvalue weighted by Gasteiger charge is 2.21. The molecule has 1 aromatic heterocycles. The van der Waals surface area contributed by atoms with Gasteiger partial charge in [0.25, 0.3) is 5.69 Å². The van der Waals surface area contributed by atoms with E-state index in [-0.39, 0.29) is 10.6 Å². The van der Waals surface area contributed by atoms with Crippen LogP contribution in [0.15, 0.2) is 12.1 Å². The maximum Gasteiger partial charge on any atom is 0.276 e. The topological polar surface area (TPSA) is 80.1 Å². The second-order valence-corrected chi connectivity index (χ2v) is 6.38. The van der Waals surface area contributed by atoms with Crippen molar-refractivity contribution in [1.29, 1.82) is 0 Å². The van der Waals surface area contributed by atoms with Gasteiger partial charge in [0, 0.05) is 17.8 Å². The molecule has 1 heterocycles. The molecule has 2 N–H and O–H groups in total. The fourth-order valence-corrected chi connectivity index (χ4v) is 3.36. The molecular weight excluding hydrogens is 288 g/mol. The van der Waals surface area contributed by atoms with Crippen molar-refractivity contribution in [1.82, 2.24) is 4.98 Å². The lowest BCUT2D eigenvalue weighted by molar-refractivity contribution is -0.384. The summed E-state index contributed by atoms with van der Waals surface area (Å²) in [7, 11) is 0. The summed E-state index contributed by atoms with van der Waals surface area (Å²) in [6.45, 7) is 2.63. The van der Waals surface area contributed by atoms with Gasteiger partial charge in [0.15, 0.2) is 0 Å². The minimum atomic E-state index is -0.377. The minimum Gasteiger partial charge on any atom is -0.370 e. The van der Waals surface area contributed by atoms with Crippen LogP contribution in [0, 0.1) is 10.1 Å². The third-order valence-electron chi connectivity index (χ3n) is 3.74. The van der Waals surface area contributed by atoms with Crippen LogP contribution in [0.1, 0.15) is 32.6 Å². The van der Waals surface area contributed by atoms with Gasteiger partial charge in [0.1, 0.15) is 11.6 Å². The number of nitro groups is 1. The zero-order valence-corrected chi connectivity index (χ0v) is 13.3. The second-order valence-electron chi connectivity index (χ2n) is 5.24. The molecule has 21 heavy (non-hydrogen) atoms. The number of rotatable bonds is 6. The van der Waals surface area contributed by atoms with E-state index >= 15 is 0 Å². The van der Waals surface area contributed by atoms with Crippen molar-refractivity contribution >= 4 is 29.1 Å². The van der Waals surface area contributed by atoms with Crippen LogP contribution in [0.4, 0.5) is 17.3 Å². The summed E-state index contributed by atoms with van der Waals surface area (Å²) in [6, 6.07) is 3.35. The number of anilines is 2. The van der Waals surface area contributed by atoms with Crippen LogP contribution in [0.2, 0.25) is 0 Å². The Labute approximate surface area is 129 Å². The number of nitrogens with one attached hydrogen (secondary N) is 2. The third kappa shape index (κ3) is 4.49. The van der Waals surface area contributed by atoms with Crippen molar-refractivity contribution in [2.24, 2.45) is 0 Å². The fraction of sp³-hybridized carbons (Fsp3) is 0.643. The van der Waals surface area contributed by atoms with Crippen LogP contribution in [0.3, 0.4) is 0 Å². The van der Waals surface area contributed by atoms with Crippen molar-refractivity contribution in [2.75, 3.05) is 23.4 Å². The van der Waals surface area contributed by atoms with Gasteiger partial charge in [-0.3, -0.25) is 10.1 Å². The smallest absolute Gasteiger partial charge is 0.276 e. The first kappa shape index (κ1) is 15.9. The first-order valence-corrected chi connectivity index (χ1v) is 8.60. The van der Waals surface area contributed by atoms with Crippen LogP contribution < -0.4 is 10.6 Å². The molecule has 1 aliphatic rings. The Kier molecular flexibility index (Phi) is 5.67. The van der Waals surface area contributed by atoms with Gasteiger partial charge in [-0.05, 0) is 38.9 Å². The Morgan fingerprint density at radius 3 is 2.57 bits per heavy atom. The van der Waals surface area contributed by atoms with Crippen molar-refractivity contribution in [2.45, 2.75) is 43.9 Å². The van der Waals surface area contributed by atoms with Crippen LogP contribution in [0.25, 0.3) is 0 Å². The second kappa shape index (κ2) is 7.49. The molecule has 0 bridgehead atoms. The van der Waals surface area contributed by atoms with Crippen LogP contribution in [-0.4, -0.2) is 34.0 Å². The molecular formula is C14H22N4O2S. The summed E-state index contributed by atoms with van der Waals surface area (Å²) in [5.41, 5.74) is 0.0706. The van der Waals surface area contributed by atoms with Crippen LogP contribution in [0.5, 0.6) is 0 Å². The maximum atomic E-state index is 11.0. The molecule has 0 saturated heterocycles. The Morgan fingerprint density at radius 2 is 2.00 bits per heavy atom. The van der Waals surface area contributed by atoms with Crippen molar-refractivity contribution < 1.29 is 4.92 Å². The standard InChI is InChI=1S/C14H22N4O2S/c1-3-15-13-8-11(18(19)20)9-14(17-13)16-10-4-6-12(21-2)7-5-10/h8-10,12H,3-7H2,1-2H3,(H2,15,16,17). The van der Waals surface area contributed by atoms with E-state index in [2.05, 4.69) is 21.9 Å². The molecule has 0 atom stereocenters. The maximum absolute atomic E-state index is 11.0. The Hall–Kier alpha value is -1.50. The lowest BCUT2D eigenvalue weighted by Crippen LogP contribution is -2.27. The molecule has 2 rings (SSSR count). The number of hydrogen-bond acceptors (Lipinski definition) is 6. The van der Waals surface area contributed by atoms with Gasteiger partial charge in [0.2, 0.25) is 0 Å². The Morgan fingerprint density at radius 1 is 1.33 bits per heavy atom. The molecule has 0 radical (unpaired) electrons. The third-order valence-corrected chi connectivity index (χ3v) is 4.88. The average molecular weight is 310 g/mol. The fourth-order valence-electron chi connectivity index (χ4n) is 2.62. The van der Waals surface area contributed by atoms with E-state index in [0.29, 0.717) is 24.2 Å². The molecule has 1 aliphatic carbocycles. The monoisotopic (exact) mass is 310 g/mol. The number of hydrogen-bond donors (Lipinski definition) is 2. The number of nitrogens with zero attached hydrogens (tertiary/aromatic N) is 2. The normalized spacial score (nSPS) is 21.8. The van der Waals surface area contributed by atoms with Gasteiger partial charge < -0.3 is 10.6 Å². The van der Waals surface area contributed by atoms with Crippen molar-refractivity contribution in [3.05, 3.63) is 22.2 Å². The van der Waals surface area contributed by atoms with Crippen LogP contribution >= 0.6 is 11.8 Å². The van der Waals surface area contributed by atoms with Gasteiger partial charge in [0.05, 0.1) is 17.1 Å². The summed E-state index contributed by atoms with van der Waals surface area (Å²) < 4.78 is 0. The summed E-state index contributed by atoms with van der Waals surface area (Å²) in [4.78, 5) is 15.0. The Balaban J connectivity index is 2.06. The number of pyridine rings is 1. The molecule has 7 heteroatoms. The molecule has 1 aromatic rings. The van der Waals surface area contributed by atoms with E-state index in [9.17, 15) is 10.1 Å². The van der Waals surface area contributed by atoms with E-state index in [1.807, 2.05) is 18.7 Å². The molecule has 6 nitrogen and oxygen atoms in total. The molecule has 0 unspecified atom stereocenters. The zero-order chi connectivity index (χ0) is 15.2. The highest BCUT2D eigenvalue weighted by molar-refractivity contribution is 7.99. The average Bonchev–Trinajstić information content (AvgIpc) is 2.48. The summed E-state index contributed by atoms with van der Waals surface area (Å²) in [5, 5.41) is 18.1. The van der Waals surface area contributed by atoms with Crippen LogP contribution in [-0.2, 0) is 0 Å². The zero-order valence-electron chi connectivity index (χ0n) is 12.5. The Bertz CT molecular complexity index is 490. The molecule has 0 aliphatic heterocycles. The summed E-state index contributed by atoms with van der Waals surface area (Å²) in [6.07, 6.45) is 6.71. The molecule has 0 spiro atoms. The van der Waals surface area contributed by atoms with E-state index in [1.54, 1.807) is 0 Å². The quantitative estimate of drug-likeness (QED) is 0.618. The predicted molar refractivity (Wildman–Crippen MR) is 88.2 cm³/mol. The molecule has 116 valence electrons. The van der Waals surface area contributed by atoms with Crippen molar-refractivity contribution in [3.63, 3.8) is 0 Å². The van der Waals surface area contributed by atoms with Gasteiger partial charge >= 0.3 is 0 Å². The van der Waals surface area contributed by atoms with Gasteiger partial charge in [-0.1, -0.05) is 0 Å². The summed E-state index contributed by atoms with van der Waals surface area (Å²) >= 11 is 1.93. The van der Waals surface area contributed by atoms with Crippen molar-refractivity contribution in [3.8, 4) is 0 Å². The first-order valence-electron chi connectivity index (χ1n) is 7.32.